The van der Waals surface area contributed by atoms with Crippen molar-refractivity contribution in [2.24, 2.45) is 7.05 Å². The molecule has 0 saturated heterocycles. The van der Waals surface area contributed by atoms with E-state index in [1.54, 1.807) is 6.33 Å². The third kappa shape index (κ3) is 1.92. The van der Waals surface area contributed by atoms with Crippen LogP contribution in [-0.2, 0) is 13.6 Å². The number of fused-ring (bicyclic) bond motifs is 2. The molecule has 0 unspecified atom stereocenters. The van der Waals surface area contributed by atoms with Gasteiger partial charge < -0.3 is 9.13 Å². The molecule has 2 aromatic heterocycles. The van der Waals surface area contributed by atoms with Crippen LogP contribution in [-0.4, -0.2) is 19.9 Å². The fraction of sp³-hybridized carbons (Fsp3) is 0.111. The summed E-state index contributed by atoms with van der Waals surface area (Å²) in [7, 11) is 1.96. The molecule has 0 radical (unpaired) electrons. The standard InChI is InChI=1S/C18H15N3O/c1-20-10-14(13-6-2-4-8-16(13)20)18(22)11-21-12-19-15-7-3-5-9-17(15)21/h2-10,12H,11H2,1H3. The second kappa shape index (κ2) is 4.84. The van der Waals surface area contributed by atoms with E-state index in [4.69, 9.17) is 0 Å². The molecule has 0 aliphatic rings. The highest BCUT2D eigenvalue weighted by Crippen LogP contribution is 2.22. The lowest BCUT2D eigenvalue weighted by atomic mass is 10.1. The summed E-state index contributed by atoms with van der Waals surface area (Å²) in [4.78, 5) is 17.1. The van der Waals surface area contributed by atoms with Gasteiger partial charge in [-0.05, 0) is 18.2 Å². The van der Waals surface area contributed by atoms with Crippen LogP contribution >= 0.6 is 0 Å². The highest BCUT2D eigenvalue weighted by Gasteiger charge is 2.15. The number of para-hydroxylation sites is 3. The molecule has 0 spiro atoms. The Bertz CT molecular complexity index is 994. The quantitative estimate of drug-likeness (QED) is 0.542. The second-order valence-electron chi connectivity index (χ2n) is 5.46. The van der Waals surface area contributed by atoms with Crippen molar-refractivity contribution in [2.75, 3.05) is 0 Å². The molecule has 2 aromatic carbocycles. The first-order valence-corrected chi connectivity index (χ1v) is 7.21. The average Bonchev–Trinajstić information content (AvgIpc) is 3.10. The summed E-state index contributed by atoms with van der Waals surface area (Å²) >= 11 is 0. The van der Waals surface area contributed by atoms with E-state index in [1.165, 1.54) is 0 Å². The Hall–Kier alpha value is -2.88. The molecule has 0 aliphatic heterocycles. The van der Waals surface area contributed by atoms with Crippen LogP contribution in [0.3, 0.4) is 0 Å². The van der Waals surface area contributed by atoms with Crippen LogP contribution in [0.25, 0.3) is 21.9 Å². The van der Waals surface area contributed by atoms with Crippen LogP contribution in [0.2, 0.25) is 0 Å². The molecule has 22 heavy (non-hydrogen) atoms. The lowest BCUT2D eigenvalue weighted by molar-refractivity contribution is 0.0975. The van der Waals surface area contributed by atoms with Gasteiger partial charge in [0.2, 0.25) is 0 Å². The van der Waals surface area contributed by atoms with Gasteiger partial charge in [0.15, 0.2) is 5.78 Å². The first-order chi connectivity index (χ1) is 10.7. The maximum Gasteiger partial charge on any atom is 0.184 e. The number of hydrogen-bond donors (Lipinski definition) is 0. The van der Waals surface area contributed by atoms with E-state index < -0.39 is 0 Å². The maximum absolute atomic E-state index is 12.7. The van der Waals surface area contributed by atoms with Crippen molar-refractivity contribution in [1.29, 1.82) is 0 Å². The van der Waals surface area contributed by atoms with Crippen LogP contribution < -0.4 is 0 Å². The van der Waals surface area contributed by atoms with Crippen LogP contribution in [0.1, 0.15) is 10.4 Å². The van der Waals surface area contributed by atoms with Crippen molar-refractivity contribution in [2.45, 2.75) is 6.54 Å². The van der Waals surface area contributed by atoms with Gasteiger partial charge in [-0.2, -0.15) is 0 Å². The smallest absolute Gasteiger partial charge is 0.184 e. The minimum atomic E-state index is 0.0972. The number of imidazole rings is 1. The van der Waals surface area contributed by atoms with Crippen molar-refractivity contribution in [3.05, 3.63) is 66.6 Å². The first-order valence-electron chi connectivity index (χ1n) is 7.21. The third-order valence-corrected chi connectivity index (χ3v) is 4.04. The van der Waals surface area contributed by atoms with E-state index >= 15 is 0 Å². The molecule has 0 fully saturated rings. The number of carbonyl (C=O) groups is 1. The fourth-order valence-corrected chi connectivity index (χ4v) is 2.94. The summed E-state index contributed by atoms with van der Waals surface area (Å²) in [6, 6.07) is 15.8. The summed E-state index contributed by atoms with van der Waals surface area (Å²) in [6.45, 7) is 0.300. The summed E-state index contributed by atoms with van der Waals surface area (Å²) in [5.74, 6) is 0.0972. The van der Waals surface area contributed by atoms with Gasteiger partial charge in [0.05, 0.1) is 23.9 Å². The normalized spacial score (nSPS) is 11.3. The SMILES string of the molecule is Cn1cc(C(=O)Cn2cnc3ccccc32)c2ccccc21. The highest BCUT2D eigenvalue weighted by molar-refractivity contribution is 6.08. The average molecular weight is 289 g/mol. The predicted octanol–water partition coefficient (Wildman–Crippen LogP) is 3.41. The van der Waals surface area contributed by atoms with Gasteiger partial charge in [0.25, 0.3) is 0 Å². The zero-order valence-corrected chi connectivity index (χ0v) is 12.2. The zero-order chi connectivity index (χ0) is 15.1. The molecule has 0 bridgehead atoms. The monoisotopic (exact) mass is 289 g/mol. The van der Waals surface area contributed by atoms with Gasteiger partial charge >= 0.3 is 0 Å². The number of ketones is 1. The minimum absolute atomic E-state index is 0.0972. The van der Waals surface area contributed by atoms with Crippen molar-refractivity contribution in [3.63, 3.8) is 0 Å². The van der Waals surface area contributed by atoms with E-state index in [0.717, 1.165) is 27.5 Å². The largest absolute Gasteiger partial charge is 0.350 e. The van der Waals surface area contributed by atoms with Crippen LogP contribution in [0.15, 0.2) is 61.1 Å². The van der Waals surface area contributed by atoms with E-state index in [9.17, 15) is 4.79 Å². The fourth-order valence-electron chi connectivity index (χ4n) is 2.94. The number of nitrogens with zero attached hydrogens (tertiary/aromatic N) is 3. The molecule has 0 saturated carbocycles. The molecule has 0 aliphatic carbocycles. The Morgan fingerprint density at radius 1 is 1.05 bits per heavy atom. The van der Waals surface area contributed by atoms with Crippen LogP contribution in [0.4, 0.5) is 0 Å². The molecule has 0 atom stereocenters. The number of carbonyl (C=O) groups excluding carboxylic acids is 1. The Morgan fingerprint density at radius 2 is 1.77 bits per heavy atom. The highest BCUT2D eigenvalue weighted by atomic mass is 16.1. The molecule has 4 nitrogen and oxygen atoms in total. The maximum atomic E-state index is 12.7. The summed E-state index contributed by atoms with van der Waals surface area (Å²) in [6.07, 6.45) is 3.64. The molecule has 108 valence electrons. The number of aromatic nitrogens is 3. The number of rotatable bonds is 3. The minimum Gasteiger partial charge on any atom is -0.350 e. The Labute approximate surface area is 127 Å². The van der Waals surface area contributed by atoms with Gasteiger partial charge in [0.1, 0.15) is 0 Å². The molecule has 4 aromatic rings. The molecular weight excluding hydrogens is 274 g/mol. The molecule has 4 rings (SSSR count). The van der Waals surface area contributed by atoms with Gasteiger partial charge in [-0.15, -0.1) is 0 Å². The first kappa shape index (κ1) is 12.8. The van der Waals surface area contributed by atoms with E-state index in [2.05, 4.69) is 4.98 Å². The van der Waals surface area contributed by atoms with Gasteiger partial charge in [-0.3, -0.25) is 4.79 Å². The zero-order valence-electron chi connectivity index (χ0n) is 12.2. The van der Waals surface area contributed by atoms with E-state index in [-0.39, 0.29) is 5.78 Å². The van der Waals surface area contributed by atoms with Gasteiger partial charge in [0, 0.05) is 29.7 Å². The Balaban J connectivity index is 1.75. The Kier molecular flexibility index (Phi) is 2.82. The second-order valence-corrected chi connectivity index (χ2v) is 5.46. The molecule has 0 amide bonds. The summed E-state index contributed by atoms with van der Waals surface area (Å²) in [5, 5.41) is 0.999. The van der Waals surface area contributed by atoms with E-state index in [0.29, 0.717) is 6.54 Å². The Morgan fingerprint density at radius 3 is 2.64 bits per heavy atom. The predicted molar refractivity (Wildman–Crippen MR) is 87.0 cm³/mol. The van der Waals surface area contributed by atoms with Crippen LogP contribution in [0, 0.1) is 0 Å². The molecule has 0 N–H and O–H groups in total. The third-order valence-electron chi connectivity index (χ3n) is 4.04. The number of benzene rings is 2. The van der Waals surface area contributed by atoms with Crippen LogP contribution in [0.5, 0.6) is 0 Å². The van der Waals surface area contributed by atoms with Crippen molar-refractivity contribution in [3.8, 4) is 0 Å². The lowest BCUT2D eigenvalue weighted by Crippen LogP contribution is -2.09. The summed E-state index contributed by atoms with van der Waals surface area (Å²) in [5.41, 5.74) is 3.72. The molecule has 4 heteroatoms. The lowest BCUT2D eigenvalue weighted by Gasteiger charge is -2.03. The van der Waals surface area contributed by atoms with Gasteiger partial charge in [-0.25, -0.2) is 4.98 Å². The number of Topliss-reactive ketones (excluding diaryl/α,β-unsaturated/α-hetero) is 1. The summed E-state index contributed by atoms with van der Waals surface area (Å²) < 4.78 is 3.90. The topological polar surface area (TPSA) is 39.8 Å². The van der Waals surface area contributed by atoms with Crippen molar-refractivity contribution in [1.82, 2.24) is 14.1 Å². The van der Waals surface area contributed by atoms with Crippen molar-refractivity contribution < 1.29 is 4.79 Å². The van der Waals surface area contributed by atoms with Crippen molar-refractivity contribution >= 4 is 27.7 Å². The molecular formula is C18H15N3O. The number of aryl methyl sites for hydroxylation is 1. The van der Waals surface area contributed by atoms with Gasteiger partial charge in [-0.1, -0.05) is 30.3 Å². The van der Waals surface area contributed by atoms with E-state index in [1.807, 2.05) is 70.9 Å². The molecule has 2 heterocycles. The number of hydrogen-bond acceptors (Lipinski definition) is 2.